The van der Waals surface area contributed by atoms with Gasteiger partial charge in [-0.05, 0) is 34.5 Å². The molecule has 0 amide bonds. The van der Waals surface area contributed by atoms with E-state index in [1.807, 2.05) is 6.92 Å². The summed E-state index contributed by atoms with van der Waals surface area (Å²) in [6, 6.07) is 3.19. The first-order chi connectivity index (χ1) is 5.16. The number of halogens is 2. The lowest BCUT2D eigenvalue weighted by molar-refractivity contribution is 0.630. The highest BCUT2D eigenvalue weighted by atomic mass is 79.9. The molecular formula is C8H9BrFN. The van der Waals surface area contributed by atoms with E-state index in [4.69, 9.17) is 0 Å². The summed E-state index contributed by atoms with van der Waals surface area (Å²) in [7, 11) is 1.70. The average molecular weight is 218 g/mol. The predicted octanol–water partition coefficient (Wildman–Crippen LogP) is 2.94. The molecule has 0 aliphatic rings. The molecule has 0 saturated heterocycles. The predicted molar refractivity (Wildman–Crippen MR) is 48.4 cm³/mol. The molecule has 0 aliphatic carbocycles. The summed E-state index contributed by atoms with van der Waals surface area (Å²) in [5.41, 5.74) is 1.54. The van der Waals surface area contributed by atoms with E-state index in [9.17, 15) is 4.39 Å². The molecule has 1 rings (SSSR count). The van der Waals surface area contributed by atoms with Crippen LogP contribution in [0.2, 0.25) is 0 Å². The van der Waals surface area contributed by atoms with Crippen molar-refractivity contribution in [3.8, 4) is 0 Å². The summed E-state index contributed by atoms with van der Waals surface area (Å²) < 4.78 is 13.7. The Morgan fingerprint density at radius 1 is 1.45 bits per heavy atom. The van der Waals surface area contributed by atoms with E-state index >= 15 is 0 Å². The van der Waals surface area contributed by atoms with E-state index in [2.05, 4.69) is 21.2 Å². The van der Waals surface area contributed by atoms with Crippen molar-refractivity contribution in [2.24, 2.45) is 0 Å². The lowest BCUT2D eigenvalue weighted by Crippen LogP contribution is -1.94. The van der Waals surface area contributed by atoms with Gasteiger partial charge in [0, 0.05) is 11.5 Å². The Morgan fingerprint density at radius 3 is 2.55 bits per heavy atom. The maximum atomic E-state index is 12.9. The number of rotatable bonds is 1. The van der Waals surface area contributed by atoms with Crippen molar-refractivity contribution in [1.29, 1.82) is 0 Å². The third-order valence-corrected chi connectivity index (χ3v) is 2.56. The van der Waals surface area contributed by atoms with E-state index in [1.165, 1.54) is 6.07 Å². The maximum absolute atomic E-state index is 12.9. The van der Waals surface area contributed by atoms with Crippen molar-refractivity contribution in [2.75, 3.05) is 12.4 Å². The van der Waals surface area contributed by atoms with Gasteiger partial charge in [-0.1, -0.05) is 6.07 Å². The van der Waals surface area contributed by atoms with Crippen molar-refractivity contribution < 1.29 is 4.39 Å². The minimum atomic E-state index is -0.232. The van der Waals surface area contributed by atoms with Crippen molar-refractivity contribution >= 4 is 21.6 Å². The van der Waals surface area contributed by atoms with E-state index < -0.39 is 0 Å². The zero-order chi connectivity index (χ0) is 8.43. The van der Waals surface area contributed by atoms with Crippen LogP contribution in [-0.2, 0) is 0 Å². The first-order valence-electron chi connectivity index (χ1n) is 3.29. The molecule has 0 bridgehead atoms. The molecule has 1 nitrogen and oxygen atoms in total. The number of hydrogen-bond acceptors (Lipinski definition) is 1. The molecule has 0 saturated carbocycles. The van der Waals surface area contributed by atoms with Gasteiger partial charge in [0.15, 0.2) is 0 Å². The highest BCUT2D eigenvalue weighted by molar-refractivity contribution is 9.10. The van der Waals surface area contributed by atoms with Crippen LogP contribution in [0.25, 0.3) is 0 Å². The van der Waals surface area contributed by atoms with Gasteiger partial charge in [-0.25, -0.2) is 4.39 Å². The Bertz CT molecular complexity index is 273. The fourth-order valence-corrected chi connectivity index (χ4v) is 1.41. The smallest absolute Gasteiger partial charge is 0.147 e. The quantitative estimate of drug-likeness (QED) is 0.764. The molecule has 0 aliphatic heterocycles. The van der Waals surface area contributed by atoms with E-state index in [-0.39, 0.29) is 5.82 Å². The summed E-state index contributed by atoms with van der Waals surface area (Å²) >= 11 is 3.29. The van der Waals surface area contributed by atoms with Crippen molar-refractivity contribution in [2.45, 2.75) is 6.92 Å². The molecule has 0 spiro atoms. The largest absolute Gasteiger partial charge is 0.385 e. The fourth-order valence-electron chi connectivity index (χ4n) is 0.886. The molecule has 3 heteroatoms. The highest BCUT2D eigenvalue weighted by Gasteiger charge is 2.05. The number of benzene rings is 1. The maximum Gasteiger partial charge on any atom is 0.147 e. The minimum absolute atomic E-state index is 0.232. The van der Waals surface area contributed by atoms with Gasteiger partial charge >= 0.3 is 0 Å². The second kappa shape index (κ2) is 3.22. The lowest BCUT2D eigenvalue weighted by Gasteiger charge is -2.06. The molecule has 0 atom stereocenters. The van der Waals surface area contributed by atoms with Gasteiger partial charge in [-0.15, -0.1) is 0 Å². The van der Waals surface area contributed by atoms with Gasteiger partial charge in [0.25, 0.3) is 0 Å². The molecule has 60 valence electrons. The number of anilines is 1. The summed E-state index contributed by atoms with van der Waals surface area (Å²) in [4.78, 5) is 0. The first-order valence-corrected chi connectivity index (χ1v) is 4.08. The topological polar surface area (TPSA) is 12.0 Å². The normalized spacial score (nSPS) is 9.82. The SMILES string of the molecule is CNc1c(F)ccc(C)c1Br. The van der Waals surface area contributed by atoms with Gasteiger partial charge in [0.2, 0.25) is 0 Å². The Morgan fingerprint density at radius 2 is 2.09 bits per heavy atom. The minimum Gasteiger partial charge on any atom is -0.385 e. The van der Waals surface area contributed by atoms with Crippen LogP contribution in [0.1, 0.15) is 5.56 Å². The van der Waals surface area contributed by atoms with Crippen LogP contribution in [0, 0.1) is 12.7 Å². The lowest BCUT2D eigenvalue weighted by atomic mass is 10.2. The standard InChI is InChI=1S/C8H9BrFN/c1-5-3-4-6(10)8(11-2)7(5)9/h3-4,11H,1-2H3. The summed E-state index contributed by atoms with van der Waals surface area (Å²) in [6.45, 7) is 1.92. The molecule has 1 aromatic carbocycles. The zero-order valence-corrected chi connectivity index (χ0v) is 8.00. The second-order valence-corrected chi connectivity index (χ2v) is 3.10. The van der Waals surface area contributed by atoms with Crippen LogP contribution in [0.15, 0.2) is 16.6 Å². The Hall–Kier alpha value is -0.570. The molecule has 0 radical (unpaired) electrons. The Labute approximate surface area is 73.7 Å². The average Bonchev–Trinajstić information content (AvgIpc) is 1.99. The van der Waals surface area contributed by atoms with Gasteiger partial charge < -0.3 is 5.32 Å². The van der Waals surface area contributed by atoms with Gasteiger partial charge in [0.1, 0.15) is 5.82 Å². The third kappa shape index (κ3) is 1.53. The van der Waals surface area contributed by atoms with Crippen LogP contribution in [0.4, 0.5) is 10.1 Å². The van der Waals surface area contributed by atoms with Crippen LogP contribution in [0.3, 0.4) is 0 Å². The Kier molecular flexibility index (Phi) is 2.49. The summed E-state index contributed by atoms with van der Waals surface area (Å²) in [5, 5.41) is 2.78. The third-order valence-electron chi connectivity index (χ3n) is 1.53. The summed E-state index contributed by atoms with van der Waals surface area (Å²) in [6.07, 6.45) is 0. The number of hydrogen-bond donors (Lipinski definition) is 1. The molecular weight excluding hydrogens is 209 g/mol. The van der Waals surface area contributed by atoms with Crippen molar-refractivity contribution in [3.63, 3.8) is 0 Å². The fraction of sp³-hybridized carbons (Fsp3) is 0.250. The summed E-state index contributed by atoms with van der Waals surface area (Å²) in [5.74, 6) is -0.232. The van der Waals surface area contributed by atoms with Crippen LogP contribution < -0.4 is 5.32 Å². The van der Waals surface area contributed by atoms with Gasteiger partial charge in [-0.2, -0.15) is 0 Å². The van der Waals surface area contributed by atoms with Crippen molar-refractivity contribution in [3.05, 3.63) is 28.0 Å². The highest BCUT2D eigenvalue weighted by Crippen LogP contribution is 2.28. The van der Waals surface area contributed by atoms with Crippen molar-refractivity contribution in [1.82, 2.24) is 0 Å². The number of aryl methyl sites for hydroxylation is 1. The molecule has 1 aromatic rings. The van der Waals surface area contributed by atoms with Crippen LogP contribution >= 0.6 is 15.9 Å². The number of nitrogens with one attached hydrogen (secondary N) is 1. The second-order valence-electron chi connectivity index (χ2n) is 2.30. The first kappa shape index (κ1) is 8.53. The van der Waals surface area contributed by atoms with Crippen LogP contribution in [0.5, 0.6) is 0 Å². The van der Waals surface area contributed by atoms with E-state index in [0.29, 0.717) is 5.69 Å². The molecule has 0 heterocycles. The zero-order valence-electron chi connectivity index (χ0n) is 6.41. The molecule has 0 aromatic heterocycles. The molecule has 0 fully saturated rings. The van der Waals surface area contributed by atoms with Crippen LogP contribution in [-0.4, -0.2) is 7.05 Å². The molecule has 1 N–H and O–H groups in total. The van der Waals surface area contributed by atoms with Gasteiger partial charge in [-0.3, -0.25) is 0 Å². The van der Waals surface area contributed by atoms with E-state index in [1.54, 1.807) is 13.1 Å². The van der Waals surface area contributed by atoms with Gasteiger partial charge in [0.05, 0.1) is 5.69 Å². The Balaban J connectivity index is 3.29. The molecule has 0 unspecified atom stereocenters. The molecule has 11 heavy (non-hydrogen) atoms. The monoisotopic (exact) mass is 217 g/mol. The van der Waals surface area contributed by atoms with E-state index in [0.717, 1.165) is 10.0 Å².